The molecular formula is C22H26N2O4. The van der Waals surface area contributed by atoms with Crippen LogP contribution in [0.3, 0.4) is 0 Å². The van der Waals surface area contributed by atoms with Crippen LogP contribution in [0.5, 0.6) is 0 Å². The summed E-state index contributed by atoms with van der Waals surface area (Å²) in [5.74, 6) is -0.220. The van der Waals surface area contributed by atoms with Gasteiger partial charge in [0.15, 0.2) is 0 Å². The van der Waals surface area contributed by atoms with E-state index in [1.807, 2.05) is 6.07 Å². The van der Waals surface area contributed by atoms with E-state index in [1.165, 1.54) is 4.90 Å². The van der Waals surface area contributed by atoms with Gasteiger partial charge in [-0.25, -0.2) is 0 Å². The number of carbonyl (C=O) groups excluding carboxylic acids is 4. The lowest BCUT2D eigenvalue weighted by Gasteiger charge is -2.33. The van der Waals surface area contributed by atoms with Gasteiger partial charge in [-0.1, -0.05) is 12.2 Å². The average molecular weight is 382 g/mol. The molecule has 6 heteroatoms. The van der Waals surface area contributed by atoms with E-state index in [9.17, 15) is 19.2 Å². The molecule has 0 saturated carbocycles. The zero-order chi connectivity index (χ0) is 20.3. The number of rotatable bonds is 8. The first-order valence-corrected chi connectivity index (χ1v) is 9.77. The predicted octanol–water partition coefficient (Wildman–Crippen LogP) is 3.01. The Hall–Kier alpha value is -2.76. The lowest BCUT2D eigenvalue weighted by atomic mass is 9.93. The summed E-state index contributed by atoms with van der Waals surface area (Å²) in [5, 5.41) is 0. The molecule has 2 aliphatic rings. The number of benzene rings is 1. The van der Waals surface area contributed by atoms with Crippen LogP contribution >= 0.6 is 0 Å². The normalized spacial score (nSPS) is 18.2. The van der Waals surface area contributed by atoms with Crippen LogP contribution in [-0.2, 0) is 9.59 Å². The molecule has 0 aromatic heterocycles. The van der Waals surface area contributed by atoms with Crippen LogP contribution in [0.4, 0.5) is 5.69 Å². The molecule has 0 N–H and O–H groups in total. The van der Waals surface area contributed by atoms with Gasteiger partial charge in [0.25, 0.3) is 11.8 Å². The third kappa shape index (κ3) is 3.77. The summed E-state index contributed by atoms with van der Waals surface area (Å²) in [5.41, 5.74) is 2.43. The van der Waals surface area contributed by atoms with E-state index in [2.05, 4.69) is 11.5 Å². The van der Waals surface area contributed by atoms with Crippen molar-refractivity contribution in [1.82, 2.24) is 4.90 Å². The van der Waals surface area contributed by atoms with Crippen molar-refractivity contribution in [2.45, 2.75) is 45.1 Å². The maximum Gasteiger partial charge on any atom is 0.262 e. The summed E-state index contributed by atoms with van der Waals surface area (Å²) >= 11 is 0. The molecule has 1 aromatic rings. The van der Waals surface area contributed by atoms with Crippen LogP contribution in [0.15, 0.2) is 30.4 Å². The molecule has 6 nitrogen and oxygen atoms in total. The number of hydrogen-bond acceptors (Lipinski definition) is 5. The van der Waals surface area contributed by atoms with E-state index in [-0.39, 0.29) is 18.2 Å². The molecule has 2 amide bonds. The van der Waals surface area contributed by atoms with E-state index < -0.39 is 6.04 Å². The minimum atomic E-state index is -0.472. The summed E-state index contributed by atoms with van der Waals surface area (Å²) in [6.45, 7) is 7.33. The van der Waals surface area contributed by atoms with Crippen LogP contribution in [0, 0.1) is 5.92 Å². The Morgan fingerprint density at radius 2 is 1.82 bits per heavy atom. The Balaban J connectivity index is 1.81. The van der Waals surface area contributed by atoms with Gasteiger partial charge in [0.1, 0.15) is 12.6 Å². The number of imide groups is 1. The lowest BCUT2D eigenvalue weighted by molar-refractivity contribution is -0.109. The highest BCUT2D eigenvalue weighted by Gasteiger charge is 2.40. The molecule has 1 saturated heterocycles. The summed E-state index contributed by atoms with van der Waals surface area (Å²) in [7, 11) is 0. The topological polar surface area (TPSA) is 74.8 Å². The molecule has 0 bridgehead atoms. The molecule has 1 atom stereocenters. The minimum absolute atomic E-state index is 0.270. The molecule has 1 fully saturated rings. The average Bonchev–Trinajstić information content (AvgIpc) is 2.93. The van der Waals surface area contributed by atoms with Crippen LogP contribution < -0.4 is 4.90 Å². The number of hydrogen-bond donors (Lipinski definition) is 0. The van der Waals surface area contributed by atoms with Crippen molar-refractivity contribution >= 4 is 30.1 Å². The third-order valence-corrected chi connectivity index (χ3v) is 5.75. The Morgan fingerprint density at radius 3 is 2.43 bits per heavy atom. The second-order valence-electron chi connectivity index (χ2n) is 7.65. The Bertz CT molecular complexity index is 809. The van der Waals surface area contributed by atoms with E-state index in [1.54, 1.807) is 19.1 Å². The number of piperidine rings is 1. The van der Waals surface area contributed by atoms with Gasteiger partial charge in [0.2, 0.25) is 0 Å². The Morgan fingerprint density at radius 1 is 1.14 bits per heavy atom. The van der Waals surface area contributed by atoms with Crippen LogP contribution in [-0.4, -0.2) is 48.4 Å². The largest absolute Gasteiger partial charge is 0.371 e. The van der Waals surface area contributed by atoms with Crippen molar-refractivity contribution in [3.63, 3.8) is 0 Å². The predicted molar refractivity (Wildman–Crippen MR) is 106 cm³/mol. The highest BCUT2D eigenvalue weighted by atomic mass is 16.2. The highest BCUT2D eigenvalue weighted by molar-refractivity contribution is 6.22. The van der Waals surface area contributed by atoms with E-state index in [0.717, 1.165) is 44.2 Å². The SMILES string of the molecule is C=C(C)C(CCC=O)N1C(=O)c2ccc(N3CCC(CC=O)CC3)cc2C1=O. The molecule has 3 rings (SSSR count). The van der Waals surface area contributed by atoms with Crippen molar-refractivity contribution in [2.24, 2.45) is 5.92 Å². The van der Waals surface area contributed by atoms with Crippen LogP contribution in [0.25, 0.3) is 0 Å². The van der Waals surface area contributed by atoms with Crippen molar-refractivity contribution in [1.29, 1.82) is 0 Å². The first-order valence-electron chi connectivity index (χ1n) is 9.77. The maximum atomic E-state index is 13.0. The van der Waals surface area contributed by atoms with Gasteiger partial charge in [-0.15, -0.1) is 0 Å². The molecule has 0 aliphatic carbocycles. The molecule has 1 aromatic carbocycles. The minimum Gasteiger partial charge on any atom is -0.371 e. The zero-order valence-electron chi connectivity index (χ0n) is 16.2. The van der Waals surface area contributed by atoms with Crippen molar-refractivity contribution in [3.05, 3.63) is 41.5 Å². The van der Waals surface area contributed by atoms with Crippen molar-refractivity contribution in [3.8, 4) is 0 Å². The zero-order valence-corrected chi connectivity index (χ0v) is 16.2. The summed E-state index contributed by atoms with van der Waals surface area (Å²) < 4.78 is 0. The van der Waals surface area contributed by atoms with Gasteiger partial charge in [0.05, 0.1) is 17.2 Å². The number of amides is 2. The summed E-state index contributed by atoms with van der Waals surface area (Å²) in [4.78, 5) is 50.8. The van der Waals surface area contributed by atoms with E-state index in [0.29, 0.717) is 35.5 Å². The fourth-order valence-corrected chi connectivity index (χ4v) is 4.11. The molecular weight excluding hydrogens is 356 g/mol. The second-order valence-corrected chi connectivity index (χ2v) is 7.65. The second kappa shape index (κ2) is 8.50. The number of anilines is 1. The van der Waals surface area contributed by atoms with E-state index in [4.69, 9.17) is 0 Å². The molecule has 28 heavy (non-hydrogen) atoms. The molecule has 2 heterocycles. The van der Waals surface area contributed by atoms with Crippen molar-refractivity contribution < 1.29 is 19.2 Å². The monoisotopic (exact) mass is 382 g/mol. The van der Waals surface area contributed by atoms with Gasteiger partial charge >= 0.3 is 0 Å². The van der Waals surface area contributed by atoms with Gasteiger partial charge in [-0.2, -0.15) is 0 Å². The quantitative estimate of drug-likeness (QED) is 0.392. The molecule has 148 valence electrons. The fourth-order valence-electron chi connectivity index (χ4n) is 4.11. The van der Waals surface area contributed by atoms with Crippen molar-refractivity contribution in [2.75, 3.05) is 18.0 Å². The van der Waals surface area contributed by atoms with E-state index >= 15 is 0 Å². The Labute approximate surface area is 165 Å². The fraction of sp³-hybridized carbons (Fsp3) is 0.455. The number of nitrogens with zero attached hydrogens (tertiary/aromatic N) is 2. The van der Waals surface area contributed by atoms with Gasteiger partial charge in [-0.3, -0.25) is 14.5 Å². The number of fused-ring (bicyclic) bond motifs is 1. The standard InChI is InChI=1S/C22H26N2O4/c1-15(2)20(4-3-12-25)24-21(27)18-6-5-17(14-19(18)22(24)28)23-10-7-16(8-11-23)9-13-26/h5-6,12-14,16,20H,1,3-4,7-11H2,2H3. The van der Waals surface area contributed by atoms with Gasteiger partial charge in [-0.05, 0) is 50.3 Å². The maximum absolute atomic E-state index is 13.0. The van der Waals surface area contributed by atoms with Gasteiger partial charge < -0.3 is 14.5 Å². The number of carbonyl (C=O) groups is 4. The lowest BCUT2D eigenvalue weighted by Crippen LogP contribution is -2.40. The summed E-state index contributed by atoms with van der Waals surface area (Å²) in [6.07, 6.45) is 4.92. The van der Waals surface area contributed by atoms with Gasteiger partial charge in [0, 0.05) is 31.6 Å². The summed E-state index contributed by atoms with van der Waals surface area (Å²) in [6, 6.07) is 4.93. The highest BCUT2D eigenvalue weighted by Crippen LogP contribution is 2.32. The first-order chi connectivity index (χ1) is 13.5. The van der Waals surface area contributed by atoms with Crippen LogP contribution in [0.1, 0.15) is 59.7 Å². The Kier molecular flexibility index (Phi) is 6.07. The smallest absolute Gasteiger partial charge is 0.262 e. The number of aldehydes is 2. The molecule has 0 spiro atoms. The first kappa shape index (κ1) is 20.0. The van der Waals surface area contributed by atoms with Crippen LogP contribution in [0.2, 0.25) is 0 Å². The molecule has 0 radical (unpaired) electrons. The molecule has 2 aliphatic heterocycles. The third-order valence-electron chi connectivity index (χ3n) is 5.75. The molecule has 1 unspecified atom stereocenters.